The largest absolute Gasteiger partial charge is 0.312 e. The van der Waals surface area contributed by atoms with Crippen molar-refractivity contribution in [2.75, 3.05) is 20.6 Å². The molecule has 0 aromatic carbocycles. The number of hydrogen-bond acceptors (Lipinski definition) is 2. The summed E-state index contributed by atoms with van der Waals surface area (Å²) in [6, 6.07) is 0.660. The van der Waals surface area contributed by atoms with Crippen LogP contribution in [0.1, 0.15) is 65.7 Å². The van der Waals surface area contributed by atoms with Gasteiger partial charge in [-0.15, -0.1) is 0 Å². The van der Waals surface area contributed by atoms with Crippen molar-refractivity contribution >= 4 is 0 Å². The Kier molecular flexibility index (Phi) is 6.65. The maximum atomic E-state index is 3.85. The summed E-state index contributed by atoms with van der Waals surface area (Å²) in [6.45, 7) is 8.13. The number of hydrogen-bond donors (Lipinski definition) is 1. The molecule has 0 amide bonds. The van der Waals surface area contributed by atoms with Gasteiger partial charge in [-0.1, -0.05) is 40.0 Å². The van der Waals surface area contributed by atoms with Crippen LogP contribution in [0.5, 0.6) is 0 Å². The van der Waals surface area contributed by atoms with Crippen LogP contribution in [0.15, 0.2) is 0 Å². The molecule has 1 N–H and O–H groups in total. The Morgan fingerprint density at radius 2 is 1.78 bits per heavy atom. The minimum atomic E-state index is 0.338. The van der Waals surface area contributed by atoms with Crippen molar-refractivity contribution in [3.8, 4) is 0 Å². The highest BCUT2D eigenvalue weighted by molar-refractivity contribution is 4.98. The Labute approximate surface area is 115 Å². The molecule has 1 atom stereocenters. The quantitative estimate of drug-likeness (QED) is 0.675. The van der Waals surface area contributed by atoms with Crippen LogP contribution in [0, 0.1) is 5.92 Å². The molecular weight excluding hydrogens is 220 g/mol. The number of rotatable bonds is 9. The van der Waals surface area contributed by atoms with Crippen LogP contribution in [0.25, 0.3) is 0 Å². The van der Waals surface area contributed by atoms with Crippen molar-refractivity contribution in [3.05, 3.63) is 0 Å². The molecule has 0 heterocycles. The molecule has 2 nitrogen and oxygen atoms in total. The summed E-state index contributed by atoms with van der Waals surface area (Å²) >= 11 is 0. The average Bonchev–Trinajstić information content (AvgIpc) is 2.30. The number of nitrogens with one attached hydrogen (secondary N) is 1. The lowest BCUT2D eigenvalue weighted by Crippen LogP contribution is -2.59. The lowest BCUT2D eigenvalue weighted by Gasteiger charge is -2.47. The Bertz CT molecular complexity index is 217. The molecule has 1 aliphatic carbocycles. The van der Waals surface area contributed by atoms with E-state index >= 15 is 0 Å². The highest BCUT2D eigenvalue weighted by Crippen LogP contribution is 2.36. The second-order valence-corrected chi connectivity index (χ2v) is 6.24. The summed E-state index contributed by atoms with van der Waals surface area (Å²) in [5.74, 6) is 0.983. The second kappa shape index (κ2) is 7.49. The predicted molar refractivity (Wildman–Crippen MR) is 81.0 cm³/mol. The van der Waals surface area contributed by atoms with Gasteiger partial charge in [0.15, 0.2) is 0 Å². The molecule has 0 aliphatic heterocycles. The molecule has 0 spiro atoms. The first-order valence-electron chi connectivity index (χ1n) is 8.01. The Morgan fingerprint density at radius 3 is 2.11 bits per heavy atom. The number of likely N-dealkylation sites (N-methyl/N-ethyl adjacent to an activating group) is 1. The summed E-state index contributed by atoms with van der Waals surface area (Å²) in [7, 11) is 4.52. The highest BCUT2D eigenvalue weighted by Gasteiger charge is 2.39. The summed E-state index contributed by atoms with van der Waals surface area (Å²) in [5.41, 5.74) is 0.338. The first-order valence-corrected chi connectivity index (χ1v) is 8.01. The van der Waals surface area contributed by atoms with Crippen molar-refractivity contribution in [2.45, 2.75) is 77.3 Å². The molecular formula is C16H34N2. The zero-order valence-electron chi connectivity index (χ0n) is 13.3. The van der Waals surface area contributed by atoms with Crippen molar-refractivity contribution < 1.29 is 0 Å². The fourth-order valence-electron chi connectivity index (χ4n) is 3.56. The van der Waals surface area contributed by atoms with Gasteiger partial charge < -0.3 is 10.2 Å². The highest BCUT2D eigenvalue weighted by atomic mass is 15.2. The molecule has 1 saturated carbocycles. The van der Waals surface area contributed by atoms with Crippen LogP contribution >= 0.6 is 0 Å². The zero-order valence-corrected chi connectivity index (χ0v) is 13.3. The molecule has 0 aromatic rings. The molecule has 0 aromatic heterocycles. The molecule has 18 heavy (non-hydrogen) atoms. The molecule has 1 aliphatic rings. The van der Waals surface area contributed by atoms with Gasteiger partial charge in [0.2, 0.25) is 0 Å². The SMILES string of the molecule is CCCNC(CC1CCC1)C(CC)(CC)N(C)C. The van der Waals surface area contributed by atoms with Gasteiger partial charge in [-0.05, 0) is 52.2 Å². The second-order valence-electron chi connectivity index (χ2n) is 6.24. The van der Waals surface area contributed by atoms with Crippen LogP contribution in [-0.2, 0) is 0 Å². The Hall–Kier alpha value is -0.0800. The maximum absolute atomic E-state index is 3.85. The lowest BCUT2D eigenvalue weighted by atomic mass is 9.73. The molecule has 1 unspecified atom stereocenters. The smallest absolute Gasteiger partial charge is 0.0351 e. The monoisotopic (exact) mass is 254 g/mol. The summed E-state index contributed by atoms with van der Waals surface area (Å²) < 4.78 is 0. The third-order valence-electron chi connectivity index (χ3n) is 5.20. The van der Waals surface area contributed by atoms with Crippen molar-refractivity contribution in [1.82, 2.24) is 10.2 Å². The van der Waals surface area contributed by atoms with Gasteiger partial charge >= 0.3 is 0 Å². The standard InChI is InChI=1S/C16H34N2/c1-6-12-17-15(13-14-10-9-11-14)16(7-2,8-3)18(4)5/h14-15,17H,6-13H2,1-5H3. The molecule has 108 valence electrons. The molecule has 1 rings (SSSR count). The van der Waals surface area contributed by atoms with Crippen LogP contribution in [0.3, 0.4) is 0 Å². The molecule has 0 radical (unpaired) electrons. The van der Waals surface area contributed by atoms with Gasteiger partial charge in [-0.3, -0.25) is 0 Å². The normalized spacial score (nSPS) is 19.0. The van der Waals surface area contributed by atoms with Gasteiger partial charge in [-0.25, -0.2) is 0 Å². The van der Waals surface area contributed by atoms with Gasteiger partial charge in [0.25, 0.3) is 0 Å². The first-order chi connectivity index (χ1) is 8.60. The first kappa shape index (κ1) is 16.0. The third kappa shape index (κ3) is 3.48. The van der Waals surface area contributed by atoms with E-state index in [1.165, 1.54) is 44.9 Å². The van der Waals surface area contributed by atoms with Gasteiger partial charge in [0.05, 0.1) is 0 Å². The van der Waals surface area contributed by atoms with Gasteiger partial charge in [0.1, 0.15) is 0 Å². The van der Waals surface area contributed by atoms with Crippen molar-refractivity contribution in [3.63, 3.8) is 0 Å². The summed E-state index contributed by atoms with van der Waals surface area (Å²) in [6.07, 6.45) is 9.47. The van der Waals surface area contributed by atoms with Gasteiger partial charge in [-0.2, -0.15) is 0 Å². The average molecular weight is 254 g/mol. The minimum absolute atomic E-state index is 0.338. The van der Waals surface area contributed by atoms with Crippen LogP contribution in [-0.4, -0.2) is 37.1 Å². The van der Waals surface area contributed by atoms with E-state index in [-0.39, 0.29) is 0 Å². The van der Waals surface area contributed by atoms with E-state index in [9.17, 15) is 0 Å². The Morgan fingerprint density at radius 1 is 1.17 bits per heavy atom. The van der Waals surface area contributed by atoms with Gasteiger partial charge in [0, 0.05) is 11.6 Å². The summed E-state index contributed by atoms with van der Waals surface area (Å²) in [5, 5.41) is 3.85. The molecule has 1 fully saturated rings. The minimum Gasteiger partial charge on any atom is -0.312 e. The van der Waals surface area contributed by atoms with E-state index in [0.717, 1.165) is 12.5 Å². The predicted octanol–water partition coefficient (Wildman–Crippen LogP) is 3.67. The fourth-order valence-corrected chi connectivity index (χ4v) is 3.56. The van der Waals surface area contributed by atoms with Crippen molar-refractivity contribution in [2.24, 2.45) is 5.92 Å². The maximum Gasteiger partial charge on any atom is 0.0351 e. The van der Waals surface area contributed by atoms with E-state index in [4.69, 9.17) is 0 Å². The van der Waals surface area contributed by atoms with E-state index in [1.807, 2.05) is 0 Å². The molecule has 2 heteroatoms. The van der Waals surface area contributed by atoms with Crippen LogP contribution in [0.4, 0.5) is 0 Å². The van der Waals surface area contributed by atoms with E-state index in [2.05, 4.69) is 45.1 Å². The molecule has 0 saturated heterocycles. The fraction of sp³-hybridized carbons (Fsp3) is 1.00. The van der Waals surface area contributed by atoms with E-state index in [0.29, 0.717) is 11.6 Å². The third-order valence-corrected chi connectivity index (χ3v) is 5.20. The van der Waals surface area contributed by atoms with Crippen LogP contribution in [0.2, 0.25) is 0 Å². The van der Waals surface area contributed by atoms with Crippen LogP contribution < -0.4 is 5.32 Å². The van der Waals surface area contributed by atoms with E-state index < -0.39 is 0 Å². The lowest BCUT2D eigenvalue weighted by molar-refractivity contribution is 0.0672. The Balaban J connectivity index is 2.74. The molecule has 0 bridgehead atoms. The number of nitrogens with zero attached hydrogens (tertiary/aromatic N) is 1. The zero-order chi connectivity index (χ0) is 13.6. The summed E-state index contributed by atoms with van der Waals surface area (Å²) in [4.78, 5) is 2.47. The topological polar surface area (TPSA) is 15.3 Å². The van der Waals surface area contributed by atoms with E-state index in [1.54, 1.807) is 0 Å². The van der Waals surface area contributed by atoms with Crippen molar-refractivity contribution in [1.29, 1.82) is 0 Å².